The zero-order valence-electron chi connectivity index (χ0n) is 6.90. The molecule has 4 heteroatoms. The van der Waals surface area contributed by atoms with E-state index in [4.69, 9.17) is 10.8 Å². The van der Waals surface area contributed by atoms with Crippen LogP contribution in [0.3, 0.4) is 0 Å². The summed E-state index contributed by atoms with van der Waals surface area (Å²) in [4.78, 5) is 10.4. The predicted octanol–water partition coefficient (Wildman–Crippen LogP) is 1.25. The molecule has 70 valence electrons. The Balaban J connectivity index is 2.64. The highest BCUT2D eigenvalue weighted by Crippen LogP contribution is 2.08. The van der Waals surface area contributed by atoms with Gasteiger partial charge in [0.2, 0.25) is 0 Å². The summed E-state index contributed by atoms with van der Waals surface area (Å²) < 4.78 is 1.13. The van der Waals surface area contributed by atoms with Crippen molar-refractivity contribution < 1.29 is 9.90 Å². The van der Waals surface area contributed by atoms with Gasteiger partial charge in [-0.15, -0.1) is 0 Å². The average molecular weight is 288 g/mol. The van der Waals surface area contributed by atoms with Crippen LogP contribution in [-0.4, -0.2) is 17.1 Å². The minimum absolute atomic E-state index is 0.381. The monoisotopic (exact) mass is 288 g/mol. The molecule has 0 fully saturated rings. The predicted molar refractivity (Wildman–Crippen MR) is 58.5 cm³/mol. The minimum atomic E-state index is -0.960. The van der Waals surface area contributed by atoms with Crippen molar-refractivity contribution in [1.29, 1.82) is 0 Å². The Labute approximate surface area is 90.1 Å². The first kappa shape index (κ1) is 10.5. The number of aliphatic carboxylic acids is 1. The van der Waals surface area contributed by atoms with Gasteiger partial charge in [-0.05, 0) is 46.7 Å². The van der Waals surface area contributed by atoms with Gasteiger partial charge in [0.15, 0.2) is 0 Å². The second-order valence-corrected chi connectivity index (χ2v) is 4.02. The normalized spacial score (nSPS) is 12.5. The number of carbonyl (C=O) groups is 1. The Morgan fingerprint density at radius 1 is 1.46 bits per heavy atom. The van der Waals surface area contributed by atoms with Crippen molar-refractivity contribution in [2.24, 2.45) is 5.73 Å². The molecule has 1 atom stereocenters. The van der Waals surface area contributed by atoms with Crippen molar-refractivity contribution in [3.63, 3.8) is 0 Å². The van der Waals surface area contributed by atoms with Crippen molar-refractivity contribution in [2.45, 2.75) is 12.5 Å². The second-order valence-electron chi connectivity index (χ2n) is 2.78. The van der Waals surface area contributed by atoms with Crippen molar-refractivity contribution in [2.75, 3.05) is 0 Å². The molecule has 0 aliphatic rings. The lowest BCUT2D eigenvalue weighted by molar-refractivity contribution is -0.138. The Morgan fingerprint density at radius 2 is 2.00 bits per heavy atom. The summed E-state index contributed by atoms with van der Waals surface area (Å²) in [5.41, 5.74) is 6.34. The molecule has 0 aliphatic heterocycles. The summed E-state index contributed by atoms with van der Waals surface area (Å²) in [7, 11) is 0. The van der Waals surface area contributed by atoms with Gasteiger partial charge in [0.1, 0.15) is 6.04 Å². The first-order valence-electron chi connectivity index (χ1n) is 3.82. The molecule has 0 spiro atoms. The van der Waals surface area contributed by atoms with Gasteiger partial charge in [-0.2, -0.15) is 0 Å². The highest BCUT2D eigenvalue weighted by Gasteiger charge is 2.11. The standard InChI is InChI=1S/C9H10INO2/c10-7-3-1-6(2-4-7)5-8(11)9(12)13/h1-4,8H,5,11H2,(H,12,13)/t8-/m0/s1/i10-3. The number of carboxylic acid groups (broad SMARTS) is 1. The van der Waals surface area contributed by atoms with Gasteiger partial charge < -0.3 is 10.8 Å². The lowest BCUT2D eigenvalue weighted by atomic mass is 10.1. The molecule has 1 aromatic rings. The van der Waals surface area contributed by atoms with Gasteiger partial charge in [-0.3, -0.25) is 4.79 Å². The Kier molecular flexibility index (Phi) is 3.68. The molecule has 0 amide bonds. The number of benzene rings is 1. The molecule has 0 radical (unpaired) electrons. The molecular formula is C9H10INO2. The van der Waals surface area contributed by atoms with Crippen LogP contribution in [0.5, 0.6) is 0 Å². The van der Waals surface area contributed by atoms with Crippen molar-refractivity contribution >= 4 is 28.6 Å². The van der Waals surface area contributed by atoms with E-state index >= 15 is 0 Å². The molecule has 13 heavy (non-hydrogen) atoms. The van der Waals surface area contributed by atoms with Crippen LogP contribution in [0.1, 0.15) is 5.56 Å². The van der Waals surface area contributed by atoms with E-state index in [0.717, 1.165) is 9.13 Å². The molecule has 0 unspecified atom stereocenters. The van der Waals surface area contributed by atoms with Crippen molar-refractivity contribution in [3.05, 3.63) is 33.4 Å². The molecule has 3 N–H and O–H groups in total. The van der Waals surface area contributed by atoms with Crippen LogP contribution in [0.2, 0.25) is 0 Å². The molecule has 1 rings (SSSR count). The first-order valence-corrected chi connectivity index (χ1v) is 4.90. The molecule has 0 aromatic heterocycles. The molecule has 0 bridgehead atoms. The number of nitrogens with two attached hydrogens (primary N) is 1. The van der Waals surface area contributed by atoms with Crippen LogP contribution in [0.25, 0.3) is 0 Å². The van der Waals surface area contributed by atoms with E-state index < -0.39 is 12.0 Å². The van der Waals surface area contributed by atoms with E-state index in [-0.39, 0.29) is 0 Å². The van der Waals surface area contributed by atoms with Crippen LogP contribution < -0.4 is 5.73 Å². The molecule has 0 saturated carbocycles. The largest absolute Gasteiger partial charge is 0.480 e. The Hall–Kier alpha value is -0.620. The first-order chi connectivity index (χ1) is 6.09. The van der Waals surface area contributed by atoms with Gasteiger partial charge in [-0.1, -0.05) is 12.1 Å². The Morgan fingerprint density at radius 3 is 2.46 bits per heavy atom. The fourth-order valence-corrected chi connectivity index (χ4v) is 1.32. The van der Waals surface area contributed by atoms with Crippen LogP contribution >= 0.6 is 22.6 Å². The van der Waals surface area contributed by atoms with E-state index in [0.29, 0.717) is 6.42 Å². The third kappa shape index (κ3) is 3.31. The summed E-state index contributed by atoms with van der Waals surface area (Å²) in [5.74, 6) is -0.960. The van der Waals surface area contributed by atoms with E-state index in [1.54, 1.807) is 0 Å². The Bertz CT molecular complexity index is 297. The second kappa shape index (κ2) is 4.57. The van der Waals surface area contributed by atoms with Crippen LogP contribution in [0.15, 0.2) is 24.3 Å². The molecule has 1 aromatic carbocycles. The average Bonchev–Trinajstić information content (AvgIpc) is 2.08. The lowest BCUT2D eigenvalue weighted by Crippen LogP contribution is -2.32. The number of hydrogen-bond donors (Lipinski definition) is 2. The zero-order chi connectivity index (χ0) is 9.84. The highest BCUT2D eigenvalue weighted by molar-refractivity contribution is 14.1. The third-order valence-electron chi connectivity index (χ3n) is 1.69. The summed E-state index contributed by atoms with van der Waals surface area (Å²) in [5, 5.41) is 8.57. The molecule has 3 nitrogen and oxygen atoms in total. The maximum atomic E-state index is 10.4. The quantitative estimate of drug-likeness (QED) is 0.823. The van der Waals surface area contributed by atoms with Crippen LogP contribution in [-0.2, 0) is 11.2 Å². The molecule has 0 saturated heterocycles. The highest BCUT2D eigenvalue weighted by atomic mass is 124. The van der Waals surface area contributed by atoms with Gasteiger partial charge in [0, 0.05) is 3.57 Å². The number of rotatable bonds is 3. The summed E-state index contributed by atoms with van der Waals surface area (Å²) in [6.07, 6.45) is 0.381. The molecular weight excluding hydrogens is 278 g/mol. The summed E-state index contributed by atoms with van der Waals surface area (Å²) >= 11 is 2.20. The van der Waals surface area contributed by atoms with E-state index in [1.165, 1.54) is 0 Å². The van der Waals surface area contributed by atoms with Gasteiger partial charge in [-0.25, -0.2) is 0 Å². The van der Waals surface area contributed by atoms with Gasteiger partial charge >= 0.3 is 5.97 Å². The maximum absolute atomic E-state index is 10.4. The fourth-order valence-electron chi connectivity index (χ4n) is 0.962. The zero-order valence-corrected chi connectivity index (χ0v) is 9.06. The molecule has 0 heterocycles. The summed E-state index contributed by atoms with van der Waals surface area (Å²) in [6, 6.07) is 6.85. The smallest absolute Gasteiger partial charge is 0.320 e. The van der Waals surface area contributed by atoms with E-state index in [2.05, 4.69) is 22.6 Å². The maximum Gasteiger partial charge on any atom is 0.320 e. The third-order valence-corrected chi connectivity index (χ3v) is 2.41. The van der Waals surface area contributed by atoms with E-state index in [1.807, 2.05) is 24.3 Å². The van der Waals surface area contributed by atoms with Crippen LogP contribution in [0, 0.1) is 3.57 Å². The SMILES string of the molecule is N[C@@H](Cc1ccc([124I])cc1)C(=O)O. The number of hydrogen-bond acceptors (Lipinski definition) is 2. The van der Waals surface area contributed by atoms with E-state index in [9.17, 15) is 4.79 Å². The number of halogens is 1. The number of carboxylic acids is 1. The van der Waals surface area contributed by atoms with Crippen LogP contribution in [0.4, 0.5) is 0 Å². The molecule has 0 aliphatic carbocycles. The van der Waals surface area contributed by atoms with Crippen molar-refractivity contribution in [3.8, 4) is 0 Å². The minimum Gasteiger partial charge on any atom is -0.480 e. The summed E-state index contributed by atoms with van der Waals surface area (Å²) in [6.45, 7) is 0. The van der Waals surface area contributed by atoms with Gasteiger partial charge in [0.05, 0.1) is 0 Å². The van der Waals surface area contributed by atoms with Crippen molar-refractivity contribution in [1.82, 2.24) is 0 Å². The topological polar surface area (TPSA) is 63.3 Å². The van der Waals surface area contributed by atoms with Gasteiger partial charge in [0.25, 0.3) is 0 Å². The lowest BCUT2D eigenvalue weighted by Gasteiger charge is -2.05. The fraction of sp³-hybridized carbons (Fsp3) is 0.222.